The van der Waals surface area contributed by atoms with Gasteiger partial charge in [-0.25, -0.2) is 9.59 Å². The van der Waals surface area contributed by atoms with Gasteiger partial charge >= 0.3 is 17.9 Å². The molecule has 6 fully saturated rings. The normalized spacial score (nSPS) is 45.5. The first-order valence-electron chi connectivity index (χ1n) is 26.7. The third-order valence-electron chi connectivity index (χ3n) is 19.4. The van der Waals surface area contributed by atoms with E-state index in [-0.39, 0.29) is 59.0 Å². The molecule has 0 unspecified atom stereocenters. The van der Waals surface area contributed by atoms with E-state index in [0.717, 1.165) is 64.2 Å². The Balaban J connectivity index is 1.16. The molecule has 4 saturated carbocycles. The zero-order valence-corrected chi connectivity index (χ0v) is 43.6. The molecule has 7 aliphatic rings. The van der Waals surface area contributed by atoms with Crippen LogP contribution in [0.3, 0.4) is 0 Å². The average Bonchev–Trinajstić information content (AvgIpc) is 3.30. The van der Waals surface area contributed by atoms with Crippen molar-refractivity contribution in [2.24, 2.45) is 50.2 Å². The molecule has 5 aliphatic carbocycles. The number of ether oxygens (including phenoxy) is 7. The molecule has 0 aromatic carbocycles. The topological polar surface area (TPSA) is 234 Å². The van der Waals surface area contributed by atoms with Crippen molar-refractivity contribution in [3.05, 3.63) is 11.6 Å². The molecule has 7 rings (SSSR count). The fourth-order valence-electron chi connectivity index (χ4n) is 14.6. The Morgan fingerprint density at radius 2 is 1.20 bits per heavy atom. The zero-order chi connectivity index (χ0) is 51.4. The molecule has 5 N–H and O–H groups in total. The molecular formula is C54H86O16. The minimum absolute atomic E-state index is 0.0275. The number of aliphatic hydroxyl groups is 5. The van der Waals surface area contributed by atoms with Gasteiger partial charge in [0.25, 0.3) is 0 Å². The largest absolute Gasteiger partial charge is 0.465 e. The maximum absolute atomic E-state index is 15.2. The predicted octanol–water partition coefficient (Wildman–Crippen LogP) is 6.02. The highest BCUT2D eigenvalue weighted by Gasteiger charge is 2.71. The van der Waals surface area contributed by atoms with Crippen LogP contribution in [0.15, 0.2) is 11.6 Å². The highest BCUT2D eigenvalue weighted by atomic mass is 16.8. The molecule has 16 heteroatoms. The van der Waals surface area contributed by atoms with Crippen LogP contribution in [0.2, 0.25) is 0 Å². The number of unbranched alkanes of at least 4 members (excludes halogenated alkanes) is 3. The summed E-state index contributed by atoms with van der Waals surface area (Å²) >= 11 is 0. The second-order valence-electron chi connectivity index (χ2n) is 24.2. The van der Waals surface area contributed by atoms with Gasteiger partial charge in [0.1, 0.15) is 36.6 Å². The second-order valence-corrected chi connectivity index (χ2v) is 24.2. The minimum Gasteiger partial charge on any atom is -0.465 e. The number of aliphatic hydroxyl groups excluding tert-OH is 5. The molecule has 16 nitrogen and oxygen atoms in total. The van der Waals surface area contributed by atoms with E-state index in [4.69, 9.17) is 33.2 Å². The molecule has 0 spiro atoms. The van der Waals surface area contributed by atoms with E-state index in [9.17, 15) is 39.9 Å². The van der Waals surface area contributed by atoms with Crippen LogP contribution < -0.4 is 0 Å². The number of hydrogen-bond acceptors (Lipinski definition) is 16. The minimum atomic E-state index is -1.93. The summed E-state index contributed by atoms with van der Waals surface area (Å²) in [5.41, 5.74) is -1.23. The van der Waals surface area contributed by atoms with Gasteiger partial charge in [-0.3, -0.25) is 9.59 Å². The summed E-state index contributed by atoms with van der Waals surface area (Å²) in [5, 5.41) is 56.0. The van der Waals surface area contributed by atoms with Crippen molar-refractivity contribution >= 4 is 23.7 Å². The Morgan fingerprint density at radius 1 is 0.643 bits per heavy atom. The van der Waals surface area contributed by atoms with Crippen LogP contribution in [0.1, 0.15) is 166 Å². The lowest BCUT2D eigenvalue weighted by Crippen LogP contribution is -2.68. The molecule has 19 atom stereocenters. The monoisotopic (exact) mass is 991 g/mol. The van der Waals surface area contributed by atoms with Crippen molar-refractivity contribution in [3.8, 4) is 0 Å². The van der Waals surface area contributed by atoms with Crippen molar-refractivity contribution in [2.45, 2.75) is 233 Å². The van der Waals surface area contributed by atoms with Crippen molar-refractivity contribution in [1.82, 2.24) is 0 Å². The molecule has 70 heavy (non-hydrogen) atoms. The Morgan fingerprint density at radius 3 is 1.80 bits per heavy atom. The van der Waals surface area contributed by atoms with Gasteiger partial charge in [0.05, 0.1) is 31.3 Å². The van der Waals surface area contributed by atoms with Crippen LogP contribution in [0.25, 0.3) is 0 Å². The fourth-order valence-corrected chi connectivity index (χ4v) is 14.6. The highest BCUT2D eigenvalue weighted by Crippen LogP contribution is 2.75. The second kappa shape index (κ2) is 21.0. The van der Waals surface area contributed by atoms with E-state index in [1.165, 1.54) is 5.57 Å². The fraction of sp³-hybridized carbons (Fsp3) is 0.889. The third-order valence-corrected chi connectivity index (χ3v) is 19.4. The lowest BCUT2D eigenvalue weighted by molar-refractivity contribution is -0.371. The van der Waals surface area contributed by atoms with Gasteiger partial charge < -0.3 is 58.7 Å². The van der Waals surface area contributed by atoms with Gasteiger partial charge in [0.15, 0.2) is 30.6 Å². The summed E-state index contributed by atoms with van der Waals surface area (Å²) in [6.45, 7) is 22.0. The number of carbonyl (C=O) groups is 4. The van der Waals surface area contributed by atoms with E-state index in [1.54, 1.807) is 0 Å². The Hall–Kier alpha value is -2.54. The van der Waals surface area contributed by atoms with E-state index in [1.807, 2.05) is 19.9 Å². The zero-order valence-electron chi connectivity index (χ0n) is 43.6. The van der Waals surface area contributed by atoms with Crippen molar-refractivity contribution < 1.29 is 77.9 Å². The number of esters is 3. The lowest BCUT2D eigenvalue weighted by Gasteiger charge is -2.70. The maximum Gasteiger partial charge on any atom is 0.338 e. The molecule has 2 heterocycles. The number of carbonyl (C=O) groups excluding carboxylic acids is 4. The van der Waals surface area contributed by atoms with Crippen molar-refractivity contribution in [1.29, 1.82) is 0 Å². The first-order valence-corrected chi connectivity index (χ1v) is 26.7. The van der Waals surface area contributed by atoms with Gasteiger partial charge in [-0.15, -0.1) is 0 Å². The van der Waals surface area contributed by atoms with Crippen LogP contribution in [0.5, 0.6) is 0 Å². The first-order chi connectivity index (χ1) is 32.9. The summed E-state index contributed by atoms with van der Waals surface area (Å²) < 4.78 is 41.5. The molecule has 0 amide bonds. The number of ketones is 1. The Kier molecular flexibility index (Phi) is 16.6. The summed E-state index contributed by atoms with van der Waals surface area (Å²) in [7, 11) is 0. The Bertz CT molecular complexity index is 1940. The van der Waals surface area contributed by atoms with E-state index in [0.29, 0.717) is 38.7 Å². The van der Waals surface area contributed by atoms with Crippen molar-refractivity contribution in [2.75, 3.05) is 19.8 Å². The quantitative estimate of drug-likeness (QED) is 0.0515. The predicted molar refractivity (Wildman–Crippen MR) is 254 cm³/mol. The molecule has 2 aliphatic heterocycles. The van der Waals surface area contributed by atoms with Crippen LogP contribution in [0.4, 0.5) is 0 Å². The maximum atomic E-state index is 15.2. The van der Waals surface area contributed by atoms with Gasteiger partial charge in [-0.2, -0.15) is 0 Å². The molecular weight excluding hydrogens is 905 g/mol. The summed E-state index contributed by atoms with van der Waals surface area (Å²) in [6, 6.07) is 0. The summed E-state index contributed by atoms with van der Waals surface area (Å²) in [4.78, 5) is 55.4. The summed E-state index contributed by atoms with van der Waals surface area (Å²) in [5.74, 6) is -2.18. The smallest absolute Gasteiger partial charge is 0.338 e. The van der Waals surface area contributed by atoms with E-state index < -0.39 is 95.7 Å². The molecule has 398 valence electrons. The summed E-state index contributed by atoms with van der Waals surface area (Å²) in [6.07, 6.45) is -5.48. The van der Waals surface area contributed by atoms with Crippen LogP contribution in [0, 0.1) is 50.2 Å². The van der Waals surface area contributed by atoms with Gasteiger partial charge in [0, 0.05) is 5.92 Å². The van der Waals surface area contributed by atoms with Gasteiger partial charge in [0.2, 0.25) is 0 Å². The molecule has 0 bridgehead atoms. The molecule has 0 aromatic rings. The van der Waals surface area contributed by atoms with Crippen LogP contribution in [-0.2, 0) is 52.3 Å². The highest BCUT2D eigenvalue weighted by molar-refractivity contribution is 5.95. The molecule has 0 radical (unpaired) electrons. The first kappa shape index (κ1) is 55.2. The number of allylic oxidation sites excluding steroid dienone is 2. The standard InChI is InChI=1S/C54H86O16/c1-11-14-25-64-44(61)40-36(57)35(56)39(60)46(68-40)70-42-38(59)37(58)41(45(62)65-26-15-12-2)69-47(42)67-34-18-19-52(8)33(49(34,4)5)17-20-54(10)43(52)32(55)28-30-31-29-51(7,48(63)66-27-16-13-3)22-21-50(31,6)23-24-53(30,54)9/h28,31,33-43,46-47,56-60H,11-27,29H2,1-10H3/t31-,33+,34+,35+,36+,37+,38-,39-,40+,41+,42-,43+,46+,47+,50+,51-,52-,53+,54+/m0/s1. The number of fused-ring (bicyclic) bond motifs is 7. The van der Waals surface area contributed by atoms with Crippen molar-refractivity contribution in [3.63, 3.8) is 0 Å². The molecule has 2 saturated heterocycles. The SMILES string of the molecule is CCCCOC(=O)[C@@H]1O[C@H](O[C@@H]2[C@H](O[C@@H]3CC[C@@]4(C)[C@H](CC[C@]5(C)[C@@H]4C(=O)C=C4[C@@H]6C[C@@](C)(C(=O)OCCCC)CC[C@]6(C)CC[C@]45C)C3(C)C)O[C@@H](C(=O)OCCCC)[C@H](O)[C@@H]2O)[C@@H](O)[C@H](O)[C@H]1O. The lowest BCUT2D eigenvalue weighted by atomic mass is 9.33. The van der Waals surface area contributed by atoms with E-state index in [2.05, 4.69) is 55.4 Å². The van der Waals surface area contributed by atoms with Gasteiger partial charge in [-0.1, -0.05) is 87.1 Å². The average molecular weight is 991 g/mol. The van der Waals surface area contributed by atoms with Gasteiger partial charge in [-0.05, 0) is 129 Å². The number of rotatable bonds is 16. The van der Waals surface area contributed by atoms with E-state index >= 15 is 4.79 Å². The molecule has 0 aromatic heterocycles. The van der Waals surface area contributed by atoms with Crippen LogP contribution >= 0.6 is 0 Å². The van der Waals surface area contributed by atoms with Crippen LogP contribution in [-0.4, -0.2) is 137 Å². The third kappa shape index (κ3) is 9.58. The number of hydrogen-bond donors (Lipinski definition) is 5. The Labute approximate surface area is 415 Å².